The SMILES string of the molecule is NC(=O)C1COCCN1C(=O)c1cc(Br)ccc1Cl. The standard InChI is InChI=1S/C12H12BrClN2O3/c13-7-1-2-9(14)8(5-7)12(18)16-3-4-19-6-10(16)11(15)17/h1-2,5,10H,3-4,6H2,(H2,15,17). The first-order valence-electron chi connectivity index (χ1n) is 5.64. The van der Waals surface area contributed by atoms with Crippen LogP contribution in [0, 0.1) is 0 Å². The number of nitrogens with two attached hydrogens (primary N) is 1. The van der Waals surface area contributed by atoms with Crippen LogP contribution in [-0.4, -0.2) is 42.5 Å². The van der Waals surface area contributed by atoms with E-state index >= 15 is 0 Å². The van der Waals surface area contributed by atoms with Crippen LogP contribution >= 0.6 is 27.5 Å². The number of hydrogen-bond acceptors (Lipinski definition) is 3. The lowest BCUT2D eigenvalue weighted by molar-refractivity contribution is -0.127. The molecule has 1 saturated heterocycles. The van der Waals surface area contributed by atoms with E-state index in [-0.39, 0.29) is 12.5 Å². The zero-order valence-electron chi connectivity index (χ0n) is 9.94. The van der Waals surface area contributed by atoms with Crippen LogP contribution in [0.15, 0.2) is 22.7 Å². The molecule has 1 unspecified atom stereocenters. The smallest absolute Gasteiger partial charge is 0.256 e. The van der Waals surface area contributed by atoms with Crippen molar-refractivity contribution in [2.24, 2.45) is 5.73 Å². The average Bonchev–Trinajstić information content (AvgIpc) is 2.40. The van der Waals surface area contributed by atoms with Gasteiger partial charge in [0, 0.05) is 11.0 Å². The lowest BCUT2D eigenvalue weighted by Crippen LogP contribution is -2.54. The Morgan fingerprint density at radius 2 is 2.21 bits per heavy atom. The highest BCUT2D eigenvalue weighted by Gasteiger charge is 2.32. The molecule has 0 spiro atoms. The third-order valence-electron chi connectivity index (χ3n) is 2.88. The summed E-state index contributed by atoms with van der Waals surface area (Å²) in [6, 6.07) is 4.23. The summed E-state index contributed by atoms with van der Waals surface area (Å²) in [5, 5.41) is 0.336. The summed E-state index contributed by atoms with van der Waals surface area (Å²) in [5.74, 6) is -0.905. The highest BCUT2D eigenvalue weighted by atomic mass is 79.9. The van der Waals surface area contributed by atoms with Gasteiger partial charge >= 0.3 is 0 Å². The average molecular weight is 348 g/mol. The van der Waals surface area contributed by atoms with E-state index < -0.39 is 11.9 Å². The number of morpholine rings is 1. The largest absolute Gasteiger partial charge is 0.377 e. The van der Waals surface area contributed by atoms with Crippen LogP contribution in [-0.2, 0) is 9.53 Å². The highest BCUT2D eigenvalue weighted by molar-refractivity contribution is 9.10. The Kier molecular flexibility index (Phi) is 4.44. The molecule has 1 aromatic rings. The van der Waals surface area contributed by atoms with Crippen LogP contribution < -0.4 is 5.73 Å². The van der Waals surface area contributed by atoms with Gasteiger partial charge in [0.1, 0.15) is 6.04 Å². The monoisotopic (exact) mass is 346 g/mol. The van der Waals surface area contributed by atoms with Gasteiger partial charge in [-0.05, 0) is 18.2 Å². The van der Waals surface area contributed by atoms with Crippen molar-refractivity contribution in [1.82, 2.24) is 4.90 Å². The molecule has 5 nitrogen and oxygen atoms in total. The number of hydrogen-bond donors (Lipinski definition) is 1. The fourth-order valence-corrected chi connectivity index (χ4v) is 2.46. The Balaban J connectivity index is 2.31. The normalized spacial score (nSPS) is 19.3. The molecule has 19 heavy (non-hydrogen) atoms. The van der Waals surface area contributed by atoms with E-state index in [0.717, 1.165) is 4.47 Å². The summed E-state index contributed by atoms with van der Waals surface area (Å²) in [4.78, 5) is 25.2. The van der Waals surface area contributed by atoms with Gasteiger partial charge in [-0.2, -0.15) is 0 Å². The Morgan fingerprint density at radius 3 is 2.89 bits per heavy atom. The minimum absolute atomic E-state index is 0.118. The first-order valence-corrected chi connectivity index (χ1v) is 6.81. The fraction of sp³-hybridized carbons (Fsp3) is 0.333. The molecule has 1 aliphatic heterocycles. The molecule has 0 bridgehead atoms. The molecule has 2 N–H and O–H groups in total. The molecule has 0 radical (unpaired) electrons. The summed E-state index contributed by atoms with van der Waals surface area (Å²) >= 11 is 9.31. The minimum atomic E-state index is -0.753. The maximum absolute atomic E-state index is 12.4. The predicted molar refractivity (Wildman–Crippen MR) is 74.0 cm³/mol. The maximum Gasteiger partial charge on any atom is 0.256 e. The van der Waals surface area contributed by atoms with Crippen LogP contribution in [0.25, 0.3) is 0 Å². The number of carbonyl (C=O) groups excluding carboxylic acids is 2. The van der Waals surface area contributed by atoms with Crippen molar-refractivity contribution in [3.05, 3.63) is 33.3 Å². The Hall–Kier alpha value is -1.11. The Morgan fingerprint density at radius 1 is 1.47 bits per heavy atom. The van der Waals surface area contributed by atoms with Crippen LogP contribution in [0.4, 0.5) is 0 Å². The first-order chi connectivity index (χ1) is 9.00. The molecule has 0 saturated carbocycles. The lowest BCUT2D eigenvalue weighted by atomic mass is 10.1. The first kappa shape index (κ1) is 14.3. The lowest BCUT2D eigenvalue weighted by Gasteiger charge is -2.33. The van der Waals surface area contributed by atoms with E-state index in [1.54, 1.807) is 18.2 Å². The molecule has 1 fully saturated rings. The Bertz CT molecular complexity index is 524. The van der Waals surface area contributed by atoms with Gasteiger partial charge in [0.2, 0.25) is 5.91 Å². The van der Waals surface area contributed by atoms with Crippen LogP contribution in [0.2, 0.25) is 5.02 Å². The summed E-state index contributed by atoms with van der Waals surface area (Å²) in [5.41, 5.74) is 5.62. The van der Waals surface area contributed by atoms with Crippen LogP contribution in [0.3, 0.4) is 0 Å². The molecule has 2 amide bonds. The summed E-state index contributed by atoms with van der Waals surface area (Å²) < 4.78 is 5.92. The quantitative estimate of drug-likeness (QED) is 0.879. The molecule has 1 heterocycles. The zero-order chi connectivity index (χ0) is 14.0. The number of benzene rings is 1. The molecule has 1 atom stereocenters. The van der Waals surface area contributed by atoms with Crippen LogP contribution in [0.1, 0.15) is 10.4 Å². The molecule has 2 rings (SSSR count). The second-order valence-corrected chi connectivity index (χ2v) is 5.44. The molecule has 7 heteroatoms. The third kappa shape index (κ3) is 3.08. The maximum atomic E-state index is 12.4. The number of rotatable bonds is 2. The molecule has 102 valence electrons. The summed E-state index contributed by atoms with van der Waals surface area (Å²) in [7, 11) is 0. The topological polar surface area (TPSA) is 72.6 Å². The van der Waals surface area contributed by atoms with Gasteiger partial charge in [-0.3, -0.25) is 9.59 Å². The number of amides is 2. The van der Waals surface area contributed by atoms with Gasteiger partial charge in [-0.25, -0.2) is 0 Å². The van der Waals surface area contributed by atoms with Crippen molar-refractivity contribution < 1.29 is 14.3 Å². The third-order valence-corrected chi connectivity index (χ3v) is 3.70. The number of carbonyl (C=O) groups is 2. The minimum Gasteiger partial charge on any atom is -0.377 e. The van der Waals surface area contributed by atoms with Crippen molar-refractivity contribution in [1.29, 1.82) is 0 Å². The summed E-state index contributed by atoms with van der Waals surface area (Å²) in [6.07, 6.45) is 0. The van der Waals surface area contributed by atoms with E-state index in [1.807, 2.05) is 0 Å². The van der Waals surface area contributed by atoms with Crippen molar-refractivity contribution in [2.75, 3.05) is 19.8 Å². The summed E-state index contributed by atoms with van der Waals surface area (Å²) in [6.45, 7) is 0.809. The van der Waals surface area contributed by atoms with Gasteiger partial charge in [-0.15, -0.1) is 0 Å². The second-order valence-electron chi connectivity index (χ2n) is 4.12. The van der Waals surface area contributed by atoms with Crippen molar-refractivity contribution >= 4 is 39.3 Å². The number of primary amides is 1. The van der Waals surface area contributed by atoms with E-state index in [0.29, 0.717) is 23.7 Å². The van der Waals surface area contributed by atoms with Gasteiger partial charge in [0.15, 0.2) is 0 Å². The van der Waals surface area contributed by atoms with Crippen molar-refractivity contribution in [3.8, 4) is 0 Å². The fourth-order valence-electron chi connectivity index (χ4n) is 1.90. The molecule has 1 aromatic carbocycles. The van der Waals surface area contributed by atoms with E-state index in [1.165, 1.54) is 4.90 Å². The Labute approximate surface area is 123 Å². The number of halogens is 2. The van der Waals surface area contributed by atoms with Gasteiger partial charge in [0.25, 0.3) is 5.91 Å². The van der Waals surface area contributed by atoms with E-state index in [2.05, 4.69) is 15.9 Å². The van der Waals surface area contributed by atoms with Gasteiger partial charge in [-0.1, -0.05) is 27.5 Å². The zero-order valence-corrected chi connectivity index (χ0v) is 12.3. The molecule has 1 aliphatic rings. The van der Waals surface area contributed by atoms with Gasteiger partial charge in [0.05, 0.1) is 23.8 Å². The van der Waals surface area contributed by atoms with E-state index in [4.69, 9.17) is 22.1 Å². The number of ether oxygens (including phenoxy) is 1. The second kappa shape index (κ2) is 5.90. The molecular formula is C12H12BrClN2O3. The number of nitrogens with zero attached hydrogens (tertiary/aromatic N) is 1. The van der Waals surface area contributed by atoms with E-state index in [9.17, 15) is 9.59 Å². The molecule has 0 aromatic heterocycles. The molecular weight excluding hydrogens is 336 g/mol. The van der Waals surface area contributed by atoms with Crippen LogP contribution in [0.5, 0.6) is 0 Å². The van der Waals surface area contributed by atoms with Crippen molar-refractivity contribution in [2.45, 2.75) is 6.04 Å². The van der Waals surface area contributed by atoms with Crippen molar-refractivity contribution in [3.63, 3.8) is 0 Å². The predicted octanol–water partition coefficient (Wildman–Crippen LogP) is 1.43. The highest BCUT2D eigenvalue weighted by Crippen LogP contribution is 2.23. The van der Waals surface area contributed by atoms with Gasteiger partial charge < -0.3 is 15.4 Å². The molecule has 0 aliphatic carbocycles.